The van der Waals surface area contributed by atoms with Crippen molar-refractivity contribution in [1.82, 2.24) is 5.06 Å². The van der Waals surface area contributed by atoms with Gasteiger partial charge in [0.05, 0.1) is 0 Å². The van der Waals surface area contributed by atoms with Crippen LogP contribution in [0.3, 0.4) is 0 Å². The lowest BCUT2D eigenvalue weighted by molar-refractivity contribution is -0.195. The first-order chi connectivity index (χ1) is 5.72. The van der Waals surface area contributed by atoms with Gasteiger partial charge in [-0.2, -0.15) is 5.06 Å². The molecule has 2 aliphatic rings. The van der Waals surface area contributed by atoms with Crippen molar-refractivity contribution in [3.8, 4) is 0 Å². The van der Waals surface area contributed by atoms with E-state index in [1.54, 1.807) is 0 Å². The Labute approximate surface area is 70.7 Å². The molecule has 0 aromatic heterocycles. The molecule has 4 nitrogen and oxygen atoms in total. The van der Waals surface area contributed by atoms with Gasteiger partial charge >= 0.3 is 0 Å². The zero-order valence-electron chi connectivity index (χ0n) is 6.81. The number of nitrogens with zero attached hydrogens (tertiary/aromatic N) is 1. The molecule has 3 unspecified atom stereocenters. The van der Waals surface area contributed by atoms with Crippen LogP contribution in [0.25, 0.3) is 0 Å². The third kappa shape index (κ3) is 0.949. The number of amides is 1. The van der Waals surface area contributed by atoms with Gasteiger partial charge in [0.2, 0.25) is 0 Å². The fourth-order valence-corrected chi connectivity index (χ4v) is 2.30. The highest BCUT2D eigenvalue weighted by Crippen LogP contribution is 2.39. The topological polar surface area (TPSA) is 60.8 Å². The molecule has 0 aromatic rings. The Bertz CT molecular complexity index is 206. The van der Waals surface area contributed by atoms with Crippen LogP contribution in [0.2, 0.25) is 0 Å². The number of aliphatic hydroxyl groups excluding tert-OH is 1. The third-order valence-electron chi connectivity index (χ3n) is 3.00. The molecule has 3 atom stereocenters. The Morgan fingerprint density at radius 1 is 1.33 bits per heavy atom. The smallest absolute Gasteiger partial charge is 0.251 e. The molecule has 4 heteroatoms. The van der Waals surface area contributed by atoms with Crippen molar-refractivity contribution in [3.63, 3.8) is 0 Å². The van der Waals surface area contributed by atoms with Gasteiger partial charge in [-0.1, -0.05) is 12.8 Å². The number of carbonyl (C=O) groups is 1. The molecule has 1 saturated heterocycles. The molecule has 0 radical (unpaired) electrons. The maximum absolute atomic E-state index is 11.3. The fraction of sp³-hybridized carbons (Fsp3) is 0.875. The van der Waals surface area contributed by atoms with Gasteiger partial charge in [-0.25, -0.2) is 0 Å². The van der Waals surface area contributed by atoms with E-state index in [2.05, 4.69) is 0 Å². The lowest BCUT2D eigenvalue weighted by Crippen LogP contribution is -2.31. The molecule has 68 valence electrons. The van der Waals surface area contributed by atoms with E-state index in [-0.39, 0.29) is 17.7 Å². The Hall–Kier alpha value is -0.610. The van der Waals surface area contributed by atoms with Crippen LogP contribution in [0.4, 0.5) is 0 Å². The molecule has 2 fully saturated rings. The highest BCUT2D eigenvalue weighted by Gasteiger charge is 2.47. The summed E-state index contributed by atoms with van der Waals surface area (Å²) in [5.74, 6) is -0.456. The van der Waals surface area contributed by atoms with E-state index in [0.29, 0.717) is 5.06 Å². The van der Waals surface area contributed by atoms with Crippen LogP contribution >= 0.6 is 0 Å². The number of hydroxylamine groups is 2. The highest BCUT2D eigenvalue weighted by molar-refractivity contribution is 5.80. The van der Waals surface area contributed by atoms with Crippen LogP contribution < -0.4 is 0 Å². The molecule has 1 saturated carbocycles. The second kappa shape index (κ2) is 2.71. The standard InChI is InChI=1S/C8H13NO3/c10-7-5-3-1-2-4-6(5)8(11)9(7)12/h5-7,10,12H,1-4H2. The van der Waals surface area contributed by atoms with E-state index in [0.717, 1.165) is 25.7 Å². The normalized spacial score (nSPS) is 41.7. The monoisotopic (exact) mass is 171 g/mol. The molecule has 1 heterocycles. The summed E-state index contributed by atoms with van der Waals surface area (Å²) >= 11 is 0. The van der Waals surface area contributed by atoms with E-state index in [9.17, 15) is 9.90 Å². The van der Waals surface area contributed by atoms with Crippen LogP contribution in [0.5, 0.6) is 0 Å². The number of fused-ring (bicyclic) bond motifs is 1. The summed E-state index contributed by atoms with van der Waals surface area (Å²) in [7, 11) is 0. The summed E-state index contributed by atoms with van der Waals surface area (Å²) in [6.45, 7) is 0. The lowest BCUT2D eigenvalue weighted by Gasteiger charge is -2.23. The van der Waals surface area contributed by atoms with Gasteiger partial charge in [0.15, 0.2) is 6.23 Å². The molecule has 0 aromatic carbocycles. The Kier molecular flexibility index (Phi) is 1.81. The minimum Gasteiger partial charge on any atom is -0.371 e. The van der Waals surface area contributed by atoms with E-state index >= 15 is 0 Å². The first kappa shape index (κ1) is 8.01. The van der Waals surface area contributed by atoms with E-state index in [1.807, 2.05) is 0 Å². The van der Waals surface area contributed by atoms with E-state index in [4.69, 9.17) is 5.21 Å². The van der Waals surface area contributed by atoms with Crippen molar-refractivity contribution in [3.05, 3.63) is 0 Å². The molecular formula is C8H13NO3. The summed E-state index contributed by atoms with van der Waals surface area (Å²) in [5, 5.41) is 19.0. The second-order valence-corrected chi connectivity index (χ2v) is 3.65. The minimum atomic E-state index is -0.956. The van der Waals surface area contributed by atoms with Gasteiger partial charge in [-0.3, -0.25) is 10.0 Å². The fourth-order valence-electron chi connectivity index (χ4n) is 2.30. The van der Waals surface area contributed by atoms with Gasteiger partial charge in [0.25, 0.3) is 5.91 Å². The number of rotatable bonds is 0. The summed E-state index contributed by atoms with van der Waals surface area (Å²) in [5.41, 5.74) is 0. The largest absolute Gasteiger partial charge is 0.371 e. The molecule has 0 spiro atoms. The van der Waals surface area contributed by atoms with Gasteiger partial charge in [0.1, 0.15) is 0 Å². The zero-order valence-corrected chi connectivity index (χ0v) is 6.81. The van der Waals surface area contributed by atoms with Crippen LogP contribution in [-0.4, -0.2) is 27.5 Å². The first-order valence-electron chi connectivity index (χ1n) is 4.42. The average molecular weight is 171 g/mol. The average Bonchev–Trinajstić information content (AvgIpc) is 2.33. The van der Waals surface area contributed by atoms with Gasteiger partial charge in [-0.15, -0.1) is 0 Å². The van der Waals surface area contributed by atoms with Crippen molar-refractivity contribution in [1.29, 1.82) is 0 Å². The van der Waals surface area contributed by atoms with Crippen molar-refractivity contribution < 1.29 is 15.1 Å². The zero-order chi connectivity index (χ0) is 8.72. The van der Waals surface area contributed by atoms with Gasteiger partial charge in [-0.05, 0) is 12.8 Å². The number of hydrogen-bond donors (Lipinski definition) is 2. The number of aliphatic hydroxyl groups is 1. The molecule has 1 aliphatic carbocycles. The SMILES string of the molecule is O=C1C2CCCCC2C(O)N1O. The molecule has 1 amide bonds. The Balaban J connectivity index is 2.19. The van der Waals surface area contributed by atoms with E-state index < -0.39 is 6.23 Å². The maximum atomic E-state index is 11.3. The predicted octanol–water partition coefficient (Wildman–Crippen LogP) is 0.343. The molecule has 0 bridgehead atoms. The quantitative estimate of drug-likeness (QED) is 0.517. The van der Waals surface area contributed by atoms with Crippen molar-refractivity contribution in [2.45, 2.75) is 31.9 Å². The van der Waals surface area contributed by atoms with Gasteiger partial charge < -0.3 is 5.11 Å². The summed E-state index contributed by atoms with van der Waals surface area (Å²) in [6.07, 6.45) is 2.81. The van der Waals surface area contributed by atoms with E-state index in [1.165, 1.54) is 0 Å². The van der Waals surface area contributed by atoms with Crippen LogP contribution in [-0.2, 0) is 4.79 Å². The molecular weight excluding hydrogens is 158 g/mol. The number of hydrogen-bond acceptors (Lipinski definition) is 3. The molecule has 2 rings (SSSR count). The first-order valence-corrected chi connectivity index (χ1v) is 4.42. The summed E-state index contributed by atoms with van der Waals surface area (Å²) < 4.78 is 0. The summed E-state index contributed by atoms with van der Waals surface area (Å²) in [4.78, 5) is 11.3. The molecule has 2 N–H and O–H groups in total. The molecule has 12 heavy (non-hydrogen) atoms. The van der Waals surface area contributed by atoms with Gasteiger partial charge in [0, 0.05) is 11.8 Å². The van der Waals surface area contributed by atoms with Crippen LogP contribution in [0.15, 0.2) is 0 Å². The highest BCUT2D eigenvalue weighted by atomic mass is 16.5. The van der Waals surface area contributed by atoms with Crippen molar-refractivity contribution in [2.75, 3.05) is 0 Å². The van der Waals surface area contributed by atoms with Crippen LogP contribution in [0, 0.1) is 11.8 Å². The third-order valence-corrected chi connectivity index (χ3v) is 3.00. The number of carbonyl (C=O) groups excluding carboxylic acids is 1. The van der Waals surface area contributed by atoms with Crippen molar-refractivity contribution in [2.24, 2.45) is 11.8 Å². The summed E-state index contributed by atoms with van der Waals surface area (Å²) in [6, 6.07) is 0. The van der Waals surface area contributed by atoms with Crippen molar-refractivity contribution >= 4 is 5.91 Å². The Morgan fingerprint density at radius 2 is 2.00 bits per heavy atom. The minimum absolute atomic E-state index is 0.0313. The maximum Gasteiger partial charge on any atom is 0.251 e. The second-order valence-electron chi connectivity index (χ2n) is 3.65. The van der Waals surface area contributed by atoms with Crippen LogP contribution in [0.1, 0.15) is 25.7 Å². The molecule has 1 aliphatic heterocycles. The Morgan fingerprint density at radius 3 is 2.67 bits per heavy atom. The predicted molar refractivity (Wildman–Crippen MR) is 40.1 cm³/mol. The lowest BCUT2D eigenvalue weighted by atomic mass is 9.81.